The van der Waals surface area contributed by atoms with Crippen molar-refractivity contribution in [1.82, 2.24) is 9.78 Å². The maximum atomic E-state index is 11.5. The Morgan fingerprint density at radius 1 is 1.41 bits per heavy atom. The highest BCUT2D eigenvalue weighted by Gasteiger charge is 2.24. The van der Waals surface area contributed by atoms with Gasteiger partial charge >= 0.3 is 10.2 Å². The molecule has 1 aromatic carbocycles. The Balaban J connectivity index is 1.90. The van der Waals surface area contributed by atoms with Gasteiger partial charge < -0.3 is 10.5 Å². The predicted octanol–water partition coefficient (Wildman–Crippen LogP) is 0.683. The second kappa shape index (κ2) is 5.02. The van der Waals surface area contributed by atoms with Crippen molar-refractivity contribution in [2.24, 2.45) is 17.2 Å². The van der Waals surface area contributed by atoms with E-state index in [0.29, 0.717) is 17.0 Å². The molecule has 0 bridgehead atoms. The maximum absolute atomic E-state index is 11.5. The quantitative estimate of drug-likeness (QED) is 0.863. The van der Waals surface area contributed by atoms with Gasteiger partial charge in [-0.3, -0.25) is 9.40 Å². The highest BCUT2D eigenvalue weighted by Crippen LogP contribution is 2.30. The lowest BCUT2D eigenvalue weighted by Gasteiger charge is -2.18. The number of ether oxygens (including phenoxy) is 1. The fourth-order valence-corrected chi connectivity index (χ4v) is 3.04. The first-order valence-corrected chi connectivity index (χ1v) is 7.93. The molecule has 2 aromatic rings. The van der Waals surface area contributed by atoms with Crippen LogP contribution < -0.4 is 15.2 Å². The molecule has 9 heteroatoms. The molecule has 0 unspecified atom stereocenters. The lowest BCUT2D eigenvalue weighted by molar-refractivity contribution is 0.299. The van der Waals surface area contributed by atoms with Gasteiger partial charge in [0.15, 0.2) is 5.84 Å². The summed E-state index contributed by atoms with van der Waals surface area (Å²) in [7, 11) is -1.94. The minimum atomic E-state index is -3.79. The molecule has 0 radical (unpaired) electrons. The van der Waals surface area contributed by atoms with Crippen LogP contribution in [0.15, 0.2) is 28.7 Å². The third-order valence-corrected chi connectivity index (χ3v) is 4.19. The number of aryl methyl sites for hydroxylation is 2. The molecule has 116 valence electrons. The number of fused-ring (bicyclic) bond motifs is 1. The summed E-state index contributed by atoms with van der Waals surface area (Å²) in [5, 5.41) is 4.30. The van der Waals surface area contributed by atoms with Crippen LogP contribution in [0.25, 0.3) is 0 Å². The van der Waals surface area contributed by atoms with Gasteiger partial charge in [-0.05, 0) is 25.1 Å². The summed E-state index contributed by atoms with van der Waals surface area (Å²) < 4.78 is 36.3. The fourth-order valence-electron chi connectivity index (χ4n) is 2.19. The van der Waals surface area contributed by atoms with Crippen molar-refractivity contribution in [1.29, 1.82) is 0 Å². The molecule has 3 N–H and O–H groups in total. The van der Waals surface area contributed by atoms with Crippen LogP contribution in [0.5, 0.6) is 5.75 Å². The zero-order valence-corrected chi connectivity index (χ0v) is 12.9. The van der Waals surface area contributed by atoms with Gasteiger partial charge in [-0.15, -0.1) is 4.40 Å². The fraction of sp³-hybridized carbons (Fsp3) is 0.231. The van der Waals surface area contributed by atoms with E-state index in [-0.39, 0.29) is 12.4 Å². The Kier molecular flexibility index (Phi) is 3.28. The zero-order valence-electron chi connectivity index (χ0n) is 12.1. The Hall–Kier alpha value is -2.55. The predicted molar refractivity (Wildman–Crippen MR) is 82.0 cm³/mol. The van der Waals surface area contributed by atoms with Crippen LogP contribution in [-0.4, -0.2) is 24.0 Å². The van der Waals surface area contributed by atoms with Crippen LogP contribution in [0.2, 0.25) is 0 Å². The lowest BCUT2D eigenvalue weighted by atomic mass is 10.1. The van der Waals surface area contributed by atoms with Crippen LogP contribution in [0.4, 0.5) is 5.69 Å². The molecule has 1 aliphatic rings. The first kappa shape index (κ1) is 14.4. The average Bonchev–Trinajstić information content (AvgIpc) is 2.73. The van der Waals surface area contributed by atoms with Crippen LogP contribution >= 0.6 is 0 Å². The van der Waals surface area contributed by atoms with E-state index in [2.05, 4.69) is 14.2 Å². The Bertz CT molecular complexity index is 850. The van der Waals surface area contributed by atoms with E-state index in [1.807, 2.05) is 20.0 Å². The standard InChI is InChI=1S/C13H15N5O3S/c1-8-6-9(15-18(8)2)7-21-11-5-3-4-10-12(11)13(14)17-22(19,20)16-10/h3-6,16H,7H2,1-2H3,(H2,14,17). The summed E-state index contributed by atoms with van der Waals surface area (Å²) in [6.45, 7) is 2.19. The number of nitrogens with two attached hydrogens (primary N) is 1. The van der Waals surface area contributed by atoms with Gasteiger partial charge in [0.05, 0.1) is 11.3 Å². The number of aromatic nitrogens is 2. The van der Waals surface area contributed by atoms with Crippen molar-refractivity contribution >= 4 is 21.7 Å². The van der Waals surface area contributed by atoms with E-state index >= 15 is 0 Å². The largest absolute Gasteiger partial charge is 0.486 e. The molecule has 2 heterocycles. The normalized spacial score (nSPS) is 15.6. The van der Waals surface area contributed by atoms with E-state index in [1.54, 1.807) is 22.9 Å². The molecule has 0 aliphatic carbocycles. The van der Waals surface area contributed by atoms with E-state index in [4.69, 9.17) is 10.5 Å². The number of amidine groups is 1. The molecule has 1 aromatic heterocycles. The van der Waals surface area contributed by atoms with Crippen LogP contribution in [0.1, 0.15) is 17.0 Å². The number of nitrogens with zero attached hydrogens (tertiary/aromatic N) is 3. The summed E-state index contributed by atoms with van der Waals surface area (Å²) in [5.41, 5.74) is 8.32. The first-order chi connectivity index (χ1) is 10.4. The third-order valence-electron chi connectivity index (χ3n) is 3.28. The summed E-state index contributed by atoms with van der Waals surface area (Å²) in [6, 6.07) is 6.90. The molecule has 8 nitrogen and oxygen atoms in total. The number of nitrogens with one attached hydrogen (secondary N) is 1. The average molecular weight is 321 g/mol. The van der Waals surface area contributed by atoms with Crippen molar-refractivity contribution in [2.45, 2.75) is 13.5 Å². The lowest BCUT2D eigenvalue weighted by Crippen LogP contribution is -2.26. The zero-order chi connectivity index (χ0) is 15.9. The second-order valence-corrected chi connectivity index (χ2v) is 6.26. The van der Waals surface area contributed by atoms with Crippen molar-refractivity contribution < 1.29 is 13.2 Å². The summed E-state index contributed by atoms with van der Waals surface area (Å²) >= 11 is 0. The topological polar surface area (TPSA) is 112 Å². The van der Waals surface area contributed by atoms with Gasteiger partial charge in [-0.2, -0.15) is 13.5 Å². The van der Waals surface area contributed by atoms with E-state index in [1.165, 1.54) is 0 Å². The second-order valence-electron chi connectivity index (χ2n) is 4.92. The highest BCUT2D eigenvalue weighted by molar-refractivity contribution is 7.91. The Labute approximate surface area is 127 Å². The highest BCUT2D eigenvalue weighted by atomic mass is 32.2. The van der Waals surface area contributed by atoms with Crippen molar-refractivity contribution in [3.8, 4) is 5.75 Å². The molecule has 0 saturated carbocycles. The summed E-state index contributed by atoms with van der Waals surface area (Å²) in [4.78, 5) is 0. The van der Waals surface area contributed by atoms with E-state index < -0.39 is 10.2 Å². The molecular weight excluding hydrogens is 306 g/mol. The smallest absolute Gasteiger partial charge is 0.344 e. The number of rotatable bonds is 3. The molecule has 1 aliphatic heterocycles. The minimum absolute atomic E-state index is 0.0958. The molecular formula is C13H15N5O3S. The van der Waals surface area contributed by atoms with Crippen LogP contribution in [0.3, 0.4) is 0 Å². The molecule has 3 rings (SSSR count). The van der Waals surface area contributed by atoms with Gasteiger partial charge in [0.1, 0.15) is 18.1 Å². The Morgan fingerprint density at radius 3 is 2.86 bits per heavy atom. The minimum Gasteiger partial charge on any atom is -0.486 e. The van der Waals surface area contributed by atoms with Crippen molar-refractivity contribution in [3.05, 3.63) is 41.2 Å². The molecule has 22 heavy (non-hydrogen) atoms. The van der Waals surface area contributed by atoms with Gasteiger partial charge in [-0.25, -0.2) is 0 Å². The molecule has 0 spiro atoms. The van der Waals surface area contributed by atoms with Crippen LogP contribution in [-0.2, 0) is 23.9 Å². The SMILES string of the molecule is Cc1cc(COc2cccc3c2C(N)=NS(=O)(=O)N3)nn1C. The first-order valence-electron chi connectivity index (χ1n) is 6.49. The van der Waals surface area contributed by atoms with Gasteiger partial charge in [0.2, 0.25) is 0 Å². The Morgan fingerprint density at radius 2 is 2.18 bits per heavy atom. The number of hydrogen-bond acceptors (Lipinski definition) is 5. The molecule has 0 fully saturated rings. The molecule has 0 atom stereocenters. The van der Waals surface area contributed by atoms with E-state index in [9.17, 15) is 8.42 Å². The van der Waals surface area contributed by atoms with Gasteiger partial charge in [0, 0.05) is 12.7 Å². The molecule has 0 amide bonds. The van der Waals surface area contributed by atoms with Crippen LogP contribution in [0, 0.1) is 6.92 Å². The maximum Gasteiger partial charge on any atom is 0.344 e. The van der Waals surface area contributed by atoms with E-state index in [0.717, 1.165) is 11.4 Å². The number of benzene rings is 1. The summed E-state index contributed by atoms with van der Waals surface area (Å²) in [6.07, 6.45) is 0. The van der Waals surface area contributed by atoms with Gasteiger partial charge in [-0.1, -0.05) is 6.07 Å². The summed E-state index contributed by atoms with van der Waals surface area (Å²) in [5.74, 6) is 0.353. The monoisotopic (exact) mass is 321 g/mol. The van der Waals surface area contributed by atoms with Crippen molar-refractivity contribution in [3.63, 3.8) is 0 Å². The molecule has 0 saturated heterocycles. The van der Waals surface area contributed by atoms with Gasteiger partial charge in [0.25, 0.3) is 0 Å². The van der Waals surface area contributed by atoms with Crippen molar-refractivity contribution in [2.75, 3.05) is 4.72 Å². The number of hydrogen-bond donors (Lipinski definition) is 2. The third kappa shape index (κ3) is 2.62. The number of anilines is 1.